The van der Waals surface area contributed by atoms with Gasteiger partial charge in [0.2, 0.25) is 0 Å². The summed E-state index contributed by atoms with van der Waals surface area (Å²) >= 11 is 0. The maximum atomic E-state index is 3.85. The number of hydrogen-bond acceptors (Lipinski definition) is 0. The van der Waals surface area contributed by atoms with Crippen molar-refractivity contribution in [3.05, 3.63) is 58.7 Å². The first-order valence-electron chi connectivity index (χ1n) is 12.5. The second kappa shape index (κ2) is 7.11. The third-order valence-electron chi connectivity index (χ3n) is 6.95. The lowest BCUT2D eigenvalue weighted by molar-refractivity contribution is 0.482. The fourth-order valence-electron chi connectivity index (χ4n) is 5.93. The van der Waals surface area contributed by atoms with Gasteiger partial charge in [0.1, 0.15) is 0 Å². The lowest BCUT2D eigenvalue weighted by atomic mass is 9.62. The molecule has 1 heteroatoms. The molecule has 0 aliphatic heterocycles. The number of H-pyrrole nitrogens is 1. The second-order valence-corrected chi connectivity index (χ2v) is 14.1. The molecular formula is C32H43N. The summed E-state index contributed by atoms with van der Waals surface area (Å²) in [5.41, 5.74) is 8.66. The van der Waals surface area contributed by atoms with E-state index < -0.39 is 0 Å². The van der Waals surface area contributed by atoms with Crippen LogP contribution in [0.25, 0.3) is 32.6 Å². The van der Waals surface area contributed by atoms with Crippen molar-refractivity contribution in [1.29, 1.82) is 0 Å². The molecule has 0 atom stereocenters. The van der Waals surface area contributed by atoms with Gasteiger partial charge >= 0.3 is 0 Å². The predicted octanol–water partition coefficient (Wildman–Crippen LogP) is 9.66. The molecule has 1 N–H and O–H groups in total. The Labute approximate surface area is 201 Å². The molecule has 1 aromatic heterocycles. The van der Waals surface area contributed by atoms with Gasteiger partial charge in [-0.15, -0.1) is 0 Å². The zero-order chi connectivity index (χ0) is 24.7. The number of fused-ring (bicyclic) bond motifs is 5. The van der Waals surface area contributed by atoms with E-state index in [0.29, 0.717) is 0 Å². The number of hydrogen-bond donors (Lipinski definition) is 1. The van der Waals surface area contributed by atoms with Gasteiger partial charge in [-0.05, 0) is 55.4 Å². The van der Waals surface area contributed by atoms with E-state index in [4.69, 9.17) is 0 Å². The first-order chi connectivity index (χ1) is 14.9. The number of para-hydroxylation sites is 1. The first kappa shape index (κ1) is 23.9. The van der Waals surface area contributed by atoms with Crippen molar-refractivity contribution in [2.24, 2.45) is 0 Å². The quantitative estimate of drug-likeness (QED) is 0.279. The standard InChI is InChI=1S/C32H43N/c1-29(2,3)24-21-18-17-20-19-15-13-14-16-22(19)33-28(20)23(21)25(30(4,5)6)27(32(10,11)12)26(24)31(7,8)9/h13-18,33H,1-12H3. The van der Waals surface area contributed by atoms with Crippen LogP contribution in [-0.2, 0) is 21.7 Å². The molecule has 0 fully saturated rings. The Balaban J connectivity index is 2.47. The Kier molecular flexibility index (Phi) is 5.14. The lowest BCUT2D eigenvalue weighted by Gasteiger charge is -2.42. The molecule has 0 bridgehead atoms. The molecule has 0 amide bonds. The minimum absolute atomic E-state index is 0.00283. The van der Waals surface area contributed by atoms with Gasteiger partial charge in [-0.1, -0.05) is 113 Å². The van der Waals surface area contributed by atoms with Crippen LogP contribution in [0.3, 0.4) is 0 Å². The van der Waals surface area contributed by atoms with Crippen molar-refractivity contribution in [1.82, 2.24) is 4.98 Å². The van der Waals surface area contributed by atoms with Crippen LogP contribution in [-0.4, -0.2) is 4.98 Å². The zero-order valence-corrected chi connectivity index (χ0v) is 23.0. The van der Waals surface area contributed by atoms with Crippen molar-refractivity contribution in [3.63, 3.8) is 0 Å². The Morgan fingerprint density at radius 3 is 1.42 bits per heavy atom. The number of aromatic amines is 1. The first-order valence-corrected chi connectivity index (χ1v) is 12.5. The smallest absolute Gasteiger partial charge is 0.0547 e. The highest BCUT2D eigenvalue weighted by Gasteiger charge is 2.39. The maximum Gasteiger partial charge on any atom is 0.0547 e. The van der Waals surface area contributed by atoms with E-state index in [-0.39, 0.29) is 21.7 Å². The molecule has 4 rings (SSSR count). The number of rotatable bonds is 0. The van der Waals surface area contributed by atoms with Crippen LogP contribution in [0.1, 0.15) is 105 Å². The molecule has 0 radical (unpaired) electrons. The molecule has 4 aromatic rings. The zero-order valence-electron chi connectivity index (χ0n) is 23.0. The van der Waals surface area contributed by atoms with Crippen LogP contribution in [0.4, 0.5) is 0 Å². The Bertz CT molecular complexity index is 1370. The van der Waals surface area contributed by atoms with E-state index in [1.165, 1.54) is 54.8 Å². The van der Waals surface area contributed by atoms with Crippen LogP contribution in [0.15, 0.2) is 36.4 Å². The van der Waals surface area contributed by atoms with Gasteiger partial charge < -0.3 is 4.98 Å². The molecule has 0 unspecified atom stereocenters. The van der Waals surface area contributed by atoms with Gasteiger partial charge in [-0.2, -0.15) is 0 Å². The Morgan fingerprint density at radius 1 is 0.455 bits per heavy atom. The monoisotopic (exact) mass is 441 g/mol. The summed E-state index contributed by atoms with van der Waals surface area (Å²) in [5.74, 6) is 0. The van der Waals surface area contributed by atoms with E-state index in [1.807, 2.05) is 0 Å². The molecular weight excluding hydrogens is 398 g/mol. The minimum Gasteiger partial charge on any atom is -0.354 e. The molecule has 0 spiro atoms. The highest BCUT2D eigenvalue weighted by atomic mass is 14.7. The normalized spacial score (nSPS) is 14.1. The summed E-state index contributed by atoms with van der Waals surface area (Å²) < 4.78 is 0. The average Bonchev–Trinajstić information content (AvgIpc) is 3.01. The van der Waals surface area contributed by atoms with Crippen LogP contribution in [0.5, 0.6) is 0 Å². The lowest BCUT2D eigenvalue weighted by Crippen LogP contribution is -2.32. The molecule has 33 heavy (non-hydrogen) atoms. The predicted molar refractivity (Wildman–Crippen MR) is 148 cm³/mol. The van der Waals surface area contributed by atoms with Crippen molar-refractivity contribution in [2.75, 3.05) is 0 Å². The Morgan fingerprint density at radius 2 is 0.909 bits per heavy atom. The highest BCUT2D eigenvalue weighted by molar-refractivity contribution is 6.19. The number of nitrogens with one attached hydrogen (secondary N) is 1. The number of aromatic nitrogens is 1. The summed E-state index contributed by atoms with van der Waals surface area (Å²) in [6, 6.07) is 13.5. The van der Waals surface area contributed by atoms with Crippen molar-refractivity contribution < 1.29 is 0 Å². The molecule has 1 heterocycles. The van der Waals surface area contributed by atoms with Crippen LogP contribution in [0.2, 0.25) is 0 Å². The van der Waals surface area contributed by atoms with Crippen LogP contribution >= 0.6 is 0 Å². The van der Waals surface area contributed by atoms with E-state index in [0.717, 1.165) is 0 Å². The molecule has 176 valence electrons. The fourth-order valence-corrected chi connectivity index (χ4v) is 5.93. The van der Waals surface area contributed by atoms with Gasteiger partial charge in [0.25, 0.3) is 0 Å². The van der Waals surface area contributed by atoms with Crippen molar-refractivity contribution in [2.45, 2.75) is 105 Å². The van der Waals surface area contributed by atoms with E-state index in [1.54, 1.807) is 0 Å². The molecule has 3 aromatic carbocycles. The molecule has 0 saturated carbocycles. The summed E-state index contributed by atoms with van der Waals surface area (Å²) in [6.07, 6.45) is 0. The summed E-state index contributed by atoms with van der Waals surface area (Å²) in [5, 5.41) is 5.46. The number of benzene rings is 3. The third-order valence-corrected chi connectivity index (χ3v) is 6.95. The summed E-state index contributed by atoms with van der Waals surface area (Å²) in [7, 11) is 0. The average molecular weight is 442 g/mol. The maximum absolute atomic E-state index is 3.85. The summed E-state index contributed by atoms with van der Waals surface area (Å²) in [6.45, 7) is 28.7. The van der Waals surface area contributed by atoms with Crippen LogP contribution < -0.4 is 0 Å². The van der Waals surface area contributed by atoms with Gasteiger partial charge in [-0.25, -0.2) is 0 Å². The van der Waals surface area contributed by atoms with Crippen LogP contribution in [0, 0.1) is 0 Å². The largest absolute Gasteiger partial charge is 0.354 e. The van der Waals surface area contributed by atoms with Gasteiger partial charge in [-0.3, -0.25) is 0 Å². The molecule has 1 nitrogen and oxygen atoms in total. The van der Waals surface area contributed by atoms with E-state index in [2.05, 4.69) is 124 Å². The third kappa shape index (κ3) is 3.78. The Hall–Kier alpha value is -2.28. The second-order valence-electron chi connectivity index (χ2n) is 14.1. The van der Waals surface area contributed by atoms with Gasteiger partial charge in [0, 0.05) is 21.7 Å². The SMILES string of the molecule is CC(C)(C)c1c(C(C)(C)C)c(C(C)(C)C)c2c(ccc3c4ccccc4[nH]c32)c1C(C)(C)C. The highest BCUT2D eigenvalue weighted by Crippen LogP contribution is 2.51. The summed E-state index contributed by atoms with van der Waals surface area (Å²) in [4.78, 5) is 3.85. The van der Waals surface area contributed by atoms with E-state index in [9.17, 15) is 0 Å². The molecule has 0 aliphatic rings. The fraction of sp³-hybridized carbons (Fsp3) is 0.500. The molecule has 0 aliphatic carbocycles. The van der Waals surface area contributed by atoms with Crippen molar-refractivity contribution in [3.8, 4) is 0 Å². The molecule has 0 saturated heterocycles. The van der Waals surface area contributed by atoms with Gasteiger partial charge in [0.05, 0.1) is 5.52 Å². The van der Waals surface area contributed by atoms with Gasteiger partial charge in [0.15, 0.2) is 0 Å². The van der Waals surface area contributed by atoms with Crippen molar-refractivity contribution >= 4 is 32.6 Å². The van der Waals surface area contributed by atoms with E-state index >= 15 is 0 Å². The minimum atomic E-state index is 0.00283. The topological polar surface area (TPSA) is 15.8 Å².